The van der Waals surface area contributed by atoms with Gasteiger partial charge in [0, 0.05) is 10.7 Å². The summed E-state index contributed by atoms with van der Waals surface area (Å²) < 4.78 is 11.2. The predicted octanol–water partition coefficient (Wildman–Crippen LogP) is 3.20. The monoisotopic (exact) mass is 301 g/mol. The molecule has 0 fully saturated rings. The third kappa shape index (κ3) is 4.34. The van der Waals surface area contributed by atoms with Crippen LogP contribution in [0.2, 0.25) is 0 Å². The molecule has 0 aliphatic carbocycles. The lowest BCUT2D eigenvalue weighted by atomic mass is 10.3. The maximum absolute atomic E-state index is 11.8. The van der Waals surface area contributed by atoms with E-state index in [1.165, 1.54) is 0 Å². The van der Waals surface area contributed by atoms with Crippen LogP contribution in [0.4, 0.5) is 0 Å². The lowest BCUT2D eigenvalue weighted by molar-refractivity contribution is 0.0499. The van der Waals surface area contributed by atoms with E-state index in [4.69, 9.17) is 9.47 Å². The van der Waals surface area contributed by atoms with Crippen LogP contribution in [0.15, 0.2) is 16.7 Å². The molecule has 0 unspecified atom stereocenters. The van der Waals surface area contributed by atoms with E-state index >= 15 is 0 Å². The minimum Gasteiger partial charge on any atom is -0.477 e. The van der Waals surface area contributed by atoms with Crippen molar-refractivity contribution in [3.8, 4) is 5.88 Å². The number of carbonyl (C=O) groups is 1. The van der Waals surface area contributed by atoms with Gasteiger partial charge in [-0.15, -0.1) is 0 Å². The van der Waals surface area contributed by atoms with Gasteiger partial charge in [-0.3, -0.25) is 0 Å². The first-order valence-electron chi connectivity index (χ1n) is 5.64. The predicted molar refractivity (Wildman–Crippen MR) is 68.3 cm³/mol. The van der Waals surface area contributed by atoms with E-state index in [0.717, 1.165) is 17.3 Å². The highest BCUT2D eigenvalue weighted by molar-refractivity contribution is 9.10. The third-order valence-electron chi connectivity index (χ3n) is 1.92. The molecular formula is C12H16BrNO3. The fraction of sp³-hybridized carbons (Fsp3) is 0.500. The van der Waals surface area contributed by atoms with Gasteiger partial charge in [0.1, 0.15) is 5.56 Å². The number of rotatable bonds is 6. The molecule has 1 aromatic heterocycles. The van der Waals surface area contributed by atoms with E-state index < -0.39 is 5.97 Å². The first-order valence-corrected chi connectivity index (χ1v) is 6.43. The molecule has 4 nitrogen and oxygen atoms in total. The van der Waals surface area contributed by atoms with Crippen LogP contribution >= 0.6 is 15.9 Å². The zero-order chi connectivity index (χ0) is 12.7. The Morgan fingerprint density at radius 3 is 2.71 bits per heavy atom. The van der Waals surface area contributed by atoms with Gasteiger partial charge < -0.3 is 9.47 Å². The highest BCUT2D eigenvalue weighted by Crippen LogP contribution is 2.21. The summed E-state index contributed by atoms with van der Waals surface area (Å²) in [7, 11) is 0. The van der Waals surface area contributed by atoms with Gasteiger partial charge in [0.15, 0.2) is 0 Å². The van der Waals surface area contributed by atoms with Gasteiger partial charge in [0.05, 0.1) is 13.2 Å². The number of carbonyl (C=O) groups excluding carboxylic acids is 1. The molecule has 0 N–H and O–H groups in total. The van der Waals surface area contributed by atoms with Gasteiger partial charge in [0.25, 0.3) is 0 Å². The molecule has 94 valence electrons. The van der Waals surface area contributed by atoms with Crippen LogP contribution in [-0.2, 0) is 4.74 Å². The molecule has 0 saturated heterocycles. The van der Waals surface area contributed by atoms with Crippen molar-refractivity contribution in [3.63, 3.8) is 0 Å². The standard InChI is InChI=1S/C12H16BrNO3/c1-3-5-16-11-10(7-9(13)8-14-11)12(15)17-6-4-2/h7-8H,3-6H2,1-2H3. The Kier molecular flexibility index (Phi) is 5.97. The topological polar surface area (TPSA) is 48.4 Å². The van der Waals surface area contributed by atoms with Crippen molar-refractivity contribution >= 4 is 21.9 Å². The second kappa shape index (κ2) is 7.27. The molecule has 0 aliphatic rings. The number of halogens is 1. The molecule has 0 bridgehead atoms. The first-order chi connectivity index (χ1) is 8.19. The third-order valence-corrected chi connectivity index (χ3v) is 2.35. The molecule has 0 radical (unpaired) electrons. The van der Waals surface area contributed by atoms with Crippen LogP contribution < -0.4 is 4.74 Å². The molecule has 1 heterocycles. The fourth-order valence-electron chi connectivity index (χ4n) is 1.16. The zero-order valence-corrected chi connectivity index (χ0v) is 11.6. The smallest absolute Gasteiger partial charge is 0.343 e. The number of esters is 1. The molecule has 0 aliphatic heterocycles. The number of pyridine rings is 1. The summed E-state index contributed by atoms with van der Waals surface area (Å²) >= 11 is 3.28. The molecule has 0 atom stereocenters. The summed E-state index contributed by atoms with van der Waals surface area (Å²) in [5.41, 5.74) is 0.362. The highest BCUT2D eigenvalue weighted by atomic mass is 79.9. The average Bonchev–Trinajstić information content (AvgIpc) is 2.34. The van der Waals surface area contributed by atoms with E-state index in [0.29, 0.717) is 24.7 Å². The van der Waals surface area contributed by atoms with E-state index in [1.54, 1.807) is 12.3 Å². The Bertz CT molecular complexity index is 382. The lowest BCUT2D eigenvalue weighted by Crippen LogP contribution is -2.10. The summed E-state index contributed by atoms with van der Waals surface area (Å²) in [6.07, 6.45) is 3.25. The quantitative estimate of drug-likeness (QED) is 0.757. The fourth-order valence-corrected chi connectivity index (χ4v) is 1.49. The Hall–Kier alpha value is -1.10. The molecular weight excluding hydrogens is 286 g/mol. The molecule has 17 heavy (non-hydrogen) atoms. The molecule has 0 spiro atoms. The molecule has 0 saturated carbocycles. The SMILES string of the molecule is CCCOC(=O)c1cc(Br)cnc1OCCC. The first kappa shape index (κ1) is 14.0. The summed E-state index contributed by atoms with van der Waals surface area (Å²) in [6, 6.07) is 1.66. The van der Waals surface area contributed by atoms with Crippen LogP contribution in [0.5, 0.6) is 5.88 Å². The Balaban J connectivity index is 2.85. The Labute approximate surface area is 109 Å². The van der Waals surface area contributed by atoms with Gasteiger partial charge in [0.2, 0.25) is 5.88 Å². The summed E-state index contributed by atoms with van der Waals surface area (Å²) in [4.78, 5) is 15.9. The van der Waals surface area contributed by atoms with E-state index in [1.807, 2.05) is 13.8 Å². The van der Waals surface area contributed by atoms with Gasteiger partial charge in [-0.2, -0.15) is 0 Å². The minimum atomic E-state index is -0.397. The lowest BCUT2D eigenvalue weighted by Gasteiger charge is -2.09. The van der Waals surface area contributed by atoms with Gasteiger partial charge in [-0.1, -0.05) is 13.8 Å². The Morgan fingerprint density at radius 1 is 1.35 bits per heavy atom. The second-order valence-corrected chi connectivity index (χ2v) is 4.41. The summed E-state index contributed by atoms with van der Waals surface area (Å²) in [5.74, 6) is -0.0668. The second-order valence-electron chi connectivity index (χ2n) is 3.49. The van der Waals surface area contributed by atoms with Gasteiger partial charge in [-0.25, -0.2) is 9.78 Å². The van der Waals surface area contributed by atoms with Crippen LogP contribution in [0, 0.1) is 0 Å². The maximum Gasteiger partial charge on any atom is 0.343 e. The average molecular weight is 302 g/mol. The van der Waals surface area contributed by atoms with E-state index in [2.05, 4.69) is 20.9 Å². The minimum absolute atomic E-state index is 0.330. The molecule has 0 amide bonds. The highest BCUT2D eigenvalue weighted by Gasteiger charge is 2.15. The molecule has 5 heteroatoms. The Morgan fingerprint density at radius 2 is 2.06 bits per heavy atom. The van der Waals surface area contributed by atoms with E-state index in [-0.39, 0.29) is 0 Å². The summed E-state index contributed by atoms with van der Waals surface area (Å²) in [6.45, 7) is 4.87. The largest absolute Gasteiger partial charge is 0.477 e. The zero-order valence-electron chi connectivity index (χ0n) is 10.0. The normalized spacial score (nSPS) is 10.1. The molecule has 1 rings (SSSR count). The van der Waals surface area contributed by atoms with Crippen molar-refractivity contribution < 1.29 is 14.3 Å². The maximum atomic E-state index is 11.8. The summed E-state index contributed by atoms with van der Waals surface area (Å²) in [5, 5.41) is 0. The number of ether oxygens (including phenoxy) is 2. The number of hydrogen-bond donors (Lipinski definition) is 0. The van der Waals surface area contributed by atoms with Gasteiger partial charge in [-0.05, 0) is 34.8 Å². The van der Waals surface area contributed by atoms with Crippen molar-refractivity contribution in [2.24, 2.45) is 0 Å². The van der Waals surface area contributed by atoms with E-state index in [9.17, 15) is 4.79 Å². The van der Waals surface area contributed by atoms with Gasteiger partial charge >= 0.3 is 5.97 Å². The van der Waals surface area contributed by atoms with Crippen molar-refractivity contribution in [1.82, 2.24) is 4.98 Å². The number of hydrogen-bond acceptors (Lipinski definition) is 4. The van der Waals surface area contributed by atoms with Crippen molar-refractivity contribution in [3.05, 3.63) is 22.3 Å². The van der Waals surface area contributed by atoms with Crippen LogP contribution in [0.25, 0.3) is 0 Å². The molecule has 0 aromatic carbocycles. The molecule has 1 aromatic rings. The number of nitrogens with zero attached hydrogens (tertiary/aromatic N) is 1. The van der Waals surface area contributed by atoms with Crippen LogP contribution in [0.3, 0.4) is 0 Å². The van der Waals surface area contributed by atoms with Crippen molar-refractivity contribution in [2.45, 2.75) is 26.7 Å². The van der Waals surface area contributed by atoms with Crippen molar-refractivity contribution in [2.75, 3.05) is 13.2 Å². The van der Waals surface area contributed by atoms with Crippen molar-refractivity contribution in [1.29, 1.82) is 0 Å². The number of aromatic nitrogens is 1. The van der Waals surface area contributed by atoms with Crippen LogP contribution in [0.1, 0.15) is 37.0 Å². The van der Waals surface area contributed by atoms with Crippen LogP contribution in [-0.4, -0.2) is 24.2 Å².